The molecule has 0 fully saturated rings. The van der Waals surface area contributed by atoms with E-state index in [2.05, 4.69) is 9.72 Å². The zero-order valence-corrected chi connectivity index (χ0v) is 9.97. The number of furan rings is 1. The molecule has 2 aromatic heterocycles. The lowest BCUT2D eigenvalue weighted by Gasteiger charge is -1.98. The molecule has 0 aliphatic carbocycles. The fraction of sp³-hybridized carbons (Fsp3) is 0.154. The van der Waals surface area contributed by atoms with Gasteiger partial charge in [0.2, 0.25) is 11.5 Å². The highest BCUT2D eigenvalue weighted by Gasteiger charge is 2.17. The third-order valence-corrected chi connectivity index (χ3v) is 2.38. The molecule has 0 N–H and O–H groups in total. The molecule has 0 radical (unpaired) electrons. The molecule has 0 saturated heterocycles. The van der Waals surface area contributed by atoms with Gasteiger partial charge in [-0.3, -0.25) is 9.78 Å². The van der Waals surface area contributed by atoms with Gasteiger partial charge in [0, 0.05) is 17.5 Å². The Morgan fingerprint density at radius 3 is 2.61 bits per heavy atom. The van der Waals surface area contributed by atoms with Crippen LogP contribution in [0.1, 0.15) is 32.4 Å². The van der Waals surface area contributed by atoms with Crippen LogP contribution in [0, 0.1) is 6.92 Å². The first-order valence-electron chi connectivity index (χ1n) is 5.27. The molecule has 5 heteroatoms. The third-order valence-electron chi connectivity index (χ3n) is 2.38. The lowest BCUT2D eigenvalue weighted by molar-refractivity contribution is 0.0563. The SMILES string of the molecule is COC(=O)c1ccc(C(=O)c2ccnc(C)c2)o1. The van der Waals surface area contributed by atoms with E-state index in [-0.39, 0.29) is 17.3 Å². The zero-order valence-electron chi connectivity index (χ0n) is 9.97. The number of methoxy groups -OCH3 is 1. The van der Waals surface area contributed by atoms with Gasteiger partial charge in [0.15, 0.2) is 5.76 Å². The predicted octanol–water partition coefficient (Wildman–Crippen LogP) is 2.00. The summed E-state index contributed by atoms with van der Waals surface area (Å²) < 4.78 is 9.65. The van der Waals surface area contributed by atoms with E-state index in [9.17, 15) is 9.59 Å². The number of aryl methyl sites for hydroxylation is 1. The Morgan fingerprint density at radius 1 is 1.22 bits per heavy atom. The number of rotatable bonds is 3. The summed E-state index contributed by atoms with van der Waals surface area (Å²) in [4.78, 5) is 27.3. The highest BCUT2D eigenvalue weighted by atomic mass is 16.5. The number of ketones is 1. The molecule has 0 unspecified atom stereocenters. The first-order valence-corrected chi connectivity index (χ1v) is 5.27. The second kappa shape index (κ2) is 4.83. The topological polar surface area (TPSA) is 69.4 Å². The van der Waals surface area contributed by atoms with E-state index >= 15 is 0 Å². The molecule has 0 atom stereocenters. The van der Waals surface area contributed by atoms with Gasteiger partial charge in [0.25, 0.3) is 0 Å². The Hall–Kier alpha value is -2.43. The molecule has 5 nitrogen and oxygen atoms in total. The van der Waals surface area contributed by atoms with Crippen molar-refractivity contribution >= 4 is 11.8 Å². The van der Waals surface area contributed by atoms with Crippen molar-refractivity contribution in [1.82, 2.24) is 4.98 Å². The fourth-order valence-corrected chi connectivity index (χ4v) is 1.50. The molecule has 2 heterocycles. The number of nitrogens with zero attached hydrogens (tertiary/aromatic N) is 1. The van der Waals surface area contributed by atoms with Crippen LogP contribution in [0.4, 0.5) is 0 Å². The lowest BCUT2D eigenvalue weighted by atomic mass is 10.1. The molecule has 18 heavy (non-hydrogen) atoms. The van der Waals surface area contributed by atoms with Crippen molar-refractivity contribution in [2.75, 3.05) is 7.11 Å². The molecule has 0 amide bonds. The van der Waals surface area contributed by atoms with Gasteiger partial charge < -0.3 is 9.15 Å². The average Bonchev–Trinajstić information content (AvgIpc) is 2.86. The number of pyridine rings is 1. The molecular formula is C13H11NO4. The van der Waals surface area contributed by atoms with E-state index in [1.165, 1.54) is 19.2 Å². The third kappa shape index (κ3) is 2.29. The van der Waals surface area contributed by atoms with Crippen molar-refractivity contribution in [3.63, 3.8) is 0 Å². The molecule has 0 saturated carbocycles. The Bertz CT molecular complexity index is 601. The predicted molar refractivity (Wildman–Crippen MR) is 62.5 cm³/mol. The molecule has 0 bridgehead atoms. The van der Waals surface area contributed by atoms with Crippen LogP contribution in [0.2, 0.25) is 0 Å². The van der Waals surface area contributed by atoms with E-state index < -0.39 is 5.97 Å². The summed E-state index contributed by atoms with van der Waals surface area (Å²) in [6, 6.07) is 6.11. The molecule has 0 aliphatic heterocycles. The van der Waals surface area contributed by atoms with Crippen LogP contribution in [0.3, 0.4) is 0 Å². The molecule has 0 aromatic carbocycles. The number of hydrogen-bond donors (Lipinski definition) is 0. The van der Waals surface area contributed by atoms with Gasteiger partial charge >= 0.3 is 5.97 Å². The maximum absolute atomic E-state index is 12.0. The quantitative estimate of drug-likeness (QED) is 0.611. The first kappa shape index (κ1) is 12.0. The van der Waals surface area contributed by atoms with E-state index in [4.69, 9.17) is 4.42 Å². The number of aromatic nitrogens is 1. The summed E-state index contributed by atoms with van der Waals surface area (Å²) in [6.45, 7) is 1.79. The maximum atomic E-state index is 12.0. The number of hydrogen-bond acceptors (Lipinski definition) is 5. The van der Waals surface area contributed by atoms with Crippen molar-refractivity contribution in [3.05, 3.63) is 53.2 Å². The number of ether oxygens (including phenoxy) is 1. The molecule has 92 valence electrons. The minimum Gasteiger partial charge on any atom is -0.463 e. The van der Waals surface area contributed by atoms with Crippen LogP contribution >= 0.6 is 0 Å². The van der Waals surface area contributed by atoms with Crippen LogP contribution in [0.25, 0.3) is 0 Å². The van der Waals surface area contributed by atoms with Gasteiger partial charge in [-0.1, -0.05) is 0 Å². The van der Waals surface area contributed by atoms with E-state index in [0.717, 1.165) is 5.69 Å². The van der Waals surface area contributed by atoms with Gasteiger partial charge in [0.05, 0.1) is 7.11 Å². The standard InChI is InChI=1S/C13H11NO4/c1-8-7-9(5-6-14-8)12(15)10-3-4-11(18-10)13(16)17-2/h3-7H,1-2H3. The minimum absolute atomic E-state index is 0.00614. The van der Waals surface area contributed by atoms with Crippen LogP contribution < -0.4 is 0 Å². The average molecular weight is 245 g/mol. The summed E-state index contributed by atoms with van der Waals surface area (Å²) in [5, 5.41) is 0. The molecule has 2 rings (SSSR count). The van der Waals surface area contributed by atoms with Gasteiger partial charge in [-0.05, 0) is 31.2 Å². The Labute approximate surface area is 103 Å². The van der Waals surface area contributed by atoms with E-state index in [1.807, 2.05) is 0 Å². The maximum Gasteiger partial charge on any atom is 0.373 e. The highest BCUT2D eigenvalue weighted by molar-refractivity contribution is 6.07. The van der Waals surface area contributed by atoms with Gasteiger partial charge in [-0.25, -0.2) is 4.79 Å². The summed E-state index contributed by atoms with van der Waals surface area (Å²) >= 11 is 0. The fourth-order valence-electron chi connectivity index (χ4n) is 1.50. The highest BCUT2D eigenvalue weighted by Crippen LogP contribution is 2.14. The summed E-state index contributed by atoms with van der Waals surface area (Å²) in [5.41, 5.74) is 1.20. The Morgan fingerprint density at radius 2 is 1.94 bits per heavy atom. The number of esters is 1. The molecular weight excluding hydrogens is 234 g/mol. The summed E-state index contributed by atoms with van der Waals surface area (Å²) in [6.07, 6.45) is 1.55. The number of carbonyl (C=O) groups excluding carboxylic acids is 2. The van der Waals surface area contributed by atoms with Gasteiger partial charge in [-0.15, -0.1) is 0 Å². The van der Waals surface area contributed by atoms with Crippen molar-refractivity contribution in [2.45, 2.75) is 6.92 Å². The van der Waals surface area contributed by atoms with Crippen LogP contribution in [0.5, 0.6) is 0 Å². The monoisotopic (exact) mass is 245 g/mol. The first-order chi connectivity index (χ1) is 8.61. The van der Waals surface area contributed by atoms with Gasteiger partial charge in [0.1, 0.15) is 0 Å². The molecule has 0 spiro atoms. The van der Waals surface area contributed by atoms with Crippen LogP contribution in [-0.4, -0.2) is 23.8 Å². The Balaban J connectivity index is 2.29. The normalized spacial score (nSPS) is 10.1. The van der Waals surface area contributed by atoms with Crippen molar-refractivity contribution in [1.29, 1.82) is 0 Å². The Kier molecular flexibility index (Phi) is 3.23. The number of carbonyl (C=O) groups is 2. The van der Waals surface area contributed by atoms with Crippen molar-refractivity contribution in [2.24, 2.45) is 0 Å². The zero-order chi connectivity index (χ0) is 13.1. The lowest BCUT2D eigenvalue weighted by Crippen LogP contribution is -2.02. The van der Waals surface area contributed by atoms with E-state index in [0.29, 0.717) is 5.56 Å². The van der Waals surface area contributed by atoms with Crippen LogP contribution in [0.15, 0.2) is 34.9 Å². The van der Waals surface area contributed by atoms with Crippen molar-refractivity contribution < 1.29 is 18.7 Å². The second-order valence-electron chi connectivity index (χ2n) is 3.67. The second-order valence-corrected chi connectivity index (χ2v) is 3.67. The van der Waals surface area contributed by atoms with Gasteiger partial charge in [-0.2, -0.15) is 0 Å². The molecule has 0 aliphatic rings. The summed E-state index contributed by atoms with van der Waals surface area (Å²) in [5.74, 6) is -0.803. The summed E-state index contributed by atoms with van der Waals surface area (Å²) in [7, 11) is 1.25. The van der Waals surface area contributed by atoms with E-state index in [1.54, 1.807) is 25.3 Å². The molecule has 2 aromatic rings. The van der Waals surface area contributed by atoms with Crippen LogP contribution in [-0.2, 0) is 4.74 Å². The largest absolute Gasteiger partial charge is 0.463 e. The van der Waals surface area contributed by atoms with Crippen molar-refractivity contribution in [3.8, 4) is 0 Å². The smallest absolute Gasteiger partial charge is 0.373 e. The minimum atomic E-state index is -0.611.